The summed E-state index contributed by atoms with van der Waals surface area (Å²) in [6.45, 7) is 2.63. The molecule has 0 aliphatic rings. The first kappa shape index (κ1) is 22.1. The van der Waals surface area contributed by atoms with Gasteiger partial charge in [-0.3, -0.25) is 9.67 Å². The second kappa shape index (κ2) is 10.1. The smallest absolute Gasteiger partial charge is 0.225 e. The van der Waals surface area contributed by atoms with Crippen molar-refractivity contribution in [1.29, 1.82) is 0 Å². The van der Waals surface area contributed by atoms with Crippen LogP contribution in [0.15, 0.2) is 91.6 Å². The normalized spacial score (nSPS) is 11.7. The lowest BCUT2D eigenvalue weighted by Gasteiger charge is -2.16. The molecule has 9 heteroatoms. The molecule has 3 heterocycles. The third-order valence-corrected chi connectivity index (χ3v) is 5.38. The monoisotopic (exact) mass is 466 g/mol. The van der Waals surface area contributed by atoms with E-state index in [4.69, 9.17) is 4.98 Å². The van der Waals surface area contributed by atoms with Crippen LogP contribution in [0.1, 0.15) is 24.1 Å². The molecule has 3 aromatic heterocycles. The van der Waals surface area contributed by atoms with Gasteiger partial charge >= 0.3 is 0 Å². The summed E-state index contributed by atoms with van der Waals surface area (Å²) in [5.74, 6) is 1.26. The highest BCUT2D eigenvalue weighted by molar-refractivity contribution is 5.65. The highest BCUT2D eigenvalue weighted by atomic mass is 19.1. The molecule has 0 aliphatic heterocycles. The second-order valence-electron chi connectivity index (χ2n) is 8.01. The number of rotatable bonds is 8. The number of aromatic nitrogens is 6. The molecule has 0 unspecified atom stereocenters. The van der Waals surface area contributed by atoms with Crippen LogP contribution in [-0.4, -0.2) is 29.7 Å². The van der Waals surface area contributed by atoms with E-state index >= 15 is 0 Å². The molecule has 8 nitrogen and oxygen atoms in total. The topological polar surface area (TPSA) is 93.4 Å². The Bertz CT molecular complexity index is 1390. The molecule has 5 rings (SSSR count). The van der Waals surface area contributed by atoms with Crippen LogP contribution in [0.3, 0.4) is 0 Å². The first-order valence-electron chi connectivity index (χ1n) is 11.1. The van der Waals surface area contributed by atoms with Crippen molar-refractivity contribution in [3.63, 3.8) is 0 Å². The number of anilines is 3. The average molecular weight is 467 g/mol. The number of nitrogens with one attached hydrogen (secondary N) is 2. The van der Waals surface area contributed by atoms with E-state index in [1.807, 2.05) is 42.1 Å². The van der Waals surface area contributed by atoms with Gasteiger partial charge in [-0.2, -0.15) is 10.1 Å². The Morgan fingerprint density at radius 3 is 2.54 bits per heavy atom. The predicted octanol–water partition coefficient (Wildman–Crippen LogP) is 5.23. The van der Waals surface area contributed by atoms with E-state index in [1.165, 1.54) is 12.1 Å². The van der Waals surface area contributed by atoms with E-state index < -0.39 is 0 Å². The molecule has 2 N–H and O–H groups in total. The maximum atomic E-state index is 13.3. The maximum absolute atomic E-state index is 13.3. The molecule has 0 fully saturated rings. The zero-order valence-corrected chi connectivity index (χ0v) is 19.0. The minimum Gasteiger partial charge on any atom is -0.348 e. The van der Waals surface area contributed by atoms with Gasteiger partial charge in [0.2, 0.25) is 5.95 Å². The molecule has 0 saturated heterocycles. The first-order chi connectivity index (χ1) is 17.1. The minimum absolute atomic E-state index is 0.143. The minimum atomic E-state index is -0.276. The molecule has 1 atom stereocenters. The van der Waals surface area contributed by atoms with Crippen LogP contribution in [0, 0.1) is 5.82 Å². The van der Waals surface area contributed by atoms with Crippen LogP contribution in [0.5, 0.6) is 0 Å². The van der Waals surface area contributed by atoms with E-state index in [1.54, 1.807) is 36.9 Å². The maximum Gasteiger partial charge on any atom is 0.225 e. The molecule has 0 amide bonds. The molecule has 0 saturated carbocycles. The van der Waals surface area contributed by atoms with Crippen molar-refractivity contribution in [1.82, 2.24) is 29.7 Å². The standard InChI is InChI=1S/C26H23FN8/c1-18(20-7-9-22(27)10-8-20)31-26-32-23(13-24(34-26)33-25-15-28-11-12-29-25)21-14-30-35(17-21)16-19-5-3-2-4-6-19/h2-15,17-18H,16H2,1H3,(H2,29,31,32,33,34)/t18-/m0/s1. The Kier molecular flexibility index (Phi) is 6.38. The zero-order valence-electron chi connectivity index (χ0n) is 19.0. The molecule has 2 aromatic carbocycles. The zero-order chi connectivity index (χ0) is 24.0. The van der Waals surface area contributed by atoms with E-state index in [-0.39, 0.29) is 11.9 Å². The van der Waals surface area contributed by atoms with Crippen LogP contribution < -0.4 is 10.6 Å². The van der Waals surface area contributed by atoms with Crippen molar-refractivity contribution in [2.24, 2.45) is 0 Å². The van der Waals surface area contributed by atoms with Crippen LogP contribution in [0.2, 0.25) is 0 Å². The van der Waals surface area contributed by atoms with Gasteiger partial charge in [0.25, 0.3) is 0 Å². The molecule has 0 aliphatic carbocycles. The molecular weight excluding hydrogens is 443 g/mol. The molecule has 5 aromatic rings. The number of hydrogen-bond acceptors (Lipinski definition) is 7. The third-order valence-electron chi connectivity index (χ3n) is 5.38. The van der Waals surface area contributed by atoms with Gasteiger partial charge in [-0.15, -0.1) is 0 Å². The van der Waals surface area contributed by atoms with Crippen LogP contribution in [0.25, 0.3) is 11.3 Å². The van der Waals surface area contributed by atoms with Gasteiger partial charge in [-0.25, -0.2) is 14.4 Å². The first-order valence-corrected chi connectivity index (χ1v) is 11.1. The summed E-state index contributed by atoms with van der Waals surface area (Å²) in [5, 5.41) is 11.0. The van der Waals surface area contributed by atoms with Crippen molar-refractivity contribution in [3.05, 3.63) is 109 Å². The van der Waals surface area contributed by atoms with Gasteiger partial charge in [-0.1, -0.05) is 42.5 Å². The predicted molar refractivity (Wildman–Crippen MR) is 133 cm³/mol. The Labute approximate surface area is 202 Å². The third kappa shape index (κ3) is 5.64. The lowest BCUT2D eigenvalue weighted by atomic mass is 10.1. The number of hydrogen-bond donors (Lipinski definition) is 2. The summed E-state index contributed by atoms with van der Waals surface area (Å²) >= 11 is 0. The van der Waals surface area contributed by atoms with Crippen molar-refractivity contribution >= 4 is 17.6 Å². The van der Waals surface area contributed by atoms with Crippen molar-refractivity contribution in [3.8, 4) is 11.3 Å². The van der Waals surface area contributed by atoms with Gasteiger partial charge in [0, 0.05) is 30.2 Å². The summed E-state index contributed by atoms with van der Waals surface area (Å²) < 4.78 is 15.2. The molecular formula is C26H23FN8. The summed E-state index contributed by atoms with van der Waals surface area (Å²) in [6, 6.07) is 18.2. The summed E-state index contributed by atoms with van der Waals surface area (Å²) in [5.41, 5.74) is 3.62. The fourth-order valence-electron chi connectivity index (χ4n) is 3.60. The van der Waals surface area contributed by atoms with Crippen molar-refractivity contribution < 1.29 is 4.39 Å². The number of halogens is 1. The van der Waals surface area contributed by atoms with Crippen molar-refractivity contribution in [2.45, 2.75) is 19.5 Å². The fourth-order valence-corrected chi connectivity index (χ4v) is 3.60. The average Bonchev–Trinajstić information content (AvgIpc) is 3.34. The van der Waals surface area contributed by atoms with E-state index in [9.17, 15) is 4.39 Å². The Morgan fingerprint density at radius 1 is 0.943 bits per heavy atom. The lowest BCUT2D eigenvalue weighted by Crippen LogP contribution is -2.11. The summed E-state index contributed by atoms with van der Waals surface area (Å²) in [6.07, 6.45) is 8.57. The van der Waals surface area contributed by atoms with E-state index in [2.05, 4.69) is 42.8 Å². The van der Waals surface area contributed by atoms with Gasteiger partial charge in [0.1, 0.15) is 17.5 Å². The van der Waals surface area contributed by atoms with Crippen LogP contribution >= 0.6 is 0 Å². The number of benzene rings is 2. The number of nitrogens with zero attached hydrogens (tertiary/aromatic N) is 6. The van der Waals surface area contributed by atoms with Crippen molar-refractivity contribution in [2.75, 3.05) is 10.6 Å². The summed E-state index contributed by atoms with van der Waals surface area (Å²) in [7, 11) is 0. The molecule has 35 heavy (non-hydrogen) atoms. The SMILES string of the molecule is C[C@H](Nc1nc(Nc2cnccn2)cc(-c2cnn(Cc3ccccc3)c2)n1)c1ccc(F)cc1. The van der Waals surface area contributed by atoms with Gasteiger partial charge in [0.05, 0.1) is 30.7 Å². The van der Waals surface area contributed by atoms with E-state index in [0.29, 0.717) is 29.8 Å². The van der Waals surface area contributed by atoms with Crippen LogP contribution in [-0.2, 0) is 6.54 Å². The molecule has 0 bridgehead atoms. The Morgan fingerprint density at radius 2 is 1.77 bits per heavy atom. The van der Waals surface area contributed by atoms with E-state index in [0.717, 1.165) is 16.7 Å². The molecule has 0 radical (unpaired) electrons. The largest absolute Gasteiger partial charge is 0.348 e. The second-order valence-corrected chi connectivity index (χ2v) is 8.01. The highest BCUT2D eigenvalue weighted by Crippen LogP contribution is 2.25. The van der Waals surface area contributed by atoms with Gasteiger partial charge in [-0.05, 0) is 30.2 Å². The Hall–Kier alpha value is -4.66. The lowest BCUT2D eigenvalue weighted by molar-refractivity contribution is 0.626. The molecule has 0 spiro atoms. The summed E-state index contributed by atoms with van der Waals surface area (Å²) in [4.78, 5) is 17.7. The quantitative estimate of drug-likeness (QED) is 0.323. The van der Waals surface area contributed by atoms with Crippen LogP contribution in [0.4, 0.5) is 22.0 Å². The highest BCUT2D eigenvalue weighted by Gasteiger charge is 2.13. The Balaban J connectivity index is 1.44. The molecule has 174 valence electrons. The fraction of sp³-hybridized carbons (Fsp3) is 0.115. The van der Waals surface area contributed by atoms with Gasteiger partial charge in [0.15, 0.2) is 0 Å². The van der Waals surface area contributed by atoms with Gasteiger partial charge < -0.3 is 10.6 Å².